The minimum absolute atomic E-state index is 0.204. The van der Waals surface area contributed by atoms with Crippen molar-refractivity contribution in [2.75, 3.05) is 17.3 Å². The van der Waals surface area contributed by atoms with E-state index in [1.165, 1.54) is 11.0 Å². The summed E-state index contributed by atoms with van der Waals surface area (Å²) >= 11 is 0. The lowest BCUT2D eigenvalue weighted by Crippen LogP contribution is -2.43. The molecule has 0 saturated heterocycles. The van der Waals surface area contributed by atoms with Crippen molar-refractivity contribution in [2.45, 2.75) is 38.1 Å². The lowest BCUT2D eigenvalue weighted by molar-refractivity contribution is -0.121. The fourth-order valence-corrected chi connectivity index (χ4v) is 6.15. The van der Waals surface area contributed by atoms with Crippen molar-refractivity contribution in [3.63, 3.8) is 0 Å². The van der Waals surface area contributed by atoms with Gasteiger partial charge in [0.2, 0.25) is 0 Å². The average molecular weight is 491 g/mol. The number of anilines is 1. The van der Waals surface area contributed by atoms with Gasteiger partial charge in [-0.15, -0.1) is 0 Å². The zero-order valence-electron chi connectivity index (χ0n) is 19.2. The number of nitrogens with zero attached hydrogens (tertiary/aromatic N) is 2. The molecule has 35 heavy (non-hydrogen) atoms. The van der Waals surface area contributed by atoms with Gasteiger partial charge in [0.25, 0.3) is 5.91 Å². The Morgan fingerprint density at radius 1 is 0.971 bits per heavy atom. The van der Waals surface area contributed by atoms with Crippen LogP contribution in [0.2, 0.25) is 0 Å². The molecule has 0 N–H and O–H groups in total. The van der Waals surface area contributed by atoms with E-state index in [1.807, 2.05) is 30.3 Å². The smallest absolute Gasteiger partial charge is 0.339 e. The van der Waals surface area contributed by atoms with Crippen LogP contribution in [0.4, 0.5) is 5.69 Å². The Labute approximate surface area is 204 Å². The number of hydrogen-bond donors (Lipinski definition) is 0. The third-order valence-electron chi connectivity index (χ3n) is 6.50. The number of para-hydroxylation sites is 2. The van der Waals surface area contributed by atoms with Gasteiger partial charge in [0.1, 0.15) is 0 Å². The molecule has 2 heterocycles. The van der Waals surface area contributed by atoms with Gasteiger partial charge < -0.3 is 9.64 Å². The fraction of sp³-hybridized carbons (Fsp3) is 0.296. The highest BCUT2D eigenvalue weighted by atomic mass is 32.2. The van der Waals surface area contributed by atoms with Crippen molar-refractivity contribution in [2.24, 2.45) is 0 Å². The molecule has 0 spiro atoms. The van der Waals surface area contributed by atoms with E-state index < -0.39 is 34.4 Å². The highest BCUT2D eigenvalue weighted by Gasteiger charge is 2.32. The predicted octanol–water partition coefficient (Wildman–Crippen LogP) is 4.00. The molecule has 0 radical (unpaired) electrons. The third-order valence-corrected chi connectivity index (χ3v) is 7.87. The maximum atomic E-state index is 13.4. The summed E-state index contributed by atoms with van der Waals surface area (Å²) in [5.74, 6) is -1.25. The largest absolute Gasteiger partial charge is 0.452 e. The van der Waals surface area contributed by atoms with Gasteiger partial charge in [-0.3, -0.25) is 9.78 Å². The first-order valence-corrected chi connectivity index (χ1v) is 13.5. The number of sulfone groups is 1. The van der Waals surface area contributed by atoms with E-state index >= 15 is 0 Å². The molecule has 3 aromatic rings. The molecule has 2 aromatic carbocycles. The van der Waals surface area contributed by atoms with Crippen LogP contribution in [0.5, 0.6) is 0 Å². The molecular formula is C27H26N2O5S. The monoisotopic (exact) mass is 490 g/mol. The van der Waals surface area contributed by atoms with E-state index in [4.69, 9.17) is 9.72 Å². The number of aromatic nitrogens is 1. The number of amides is 1. The number of ether oxygens (including phenoxy) is 1. The standard InChI is InChI=1S/C27H26N2O5S/c30-25(29(19-9-3-1-4-10-19)20-15-16-35(32,33)18-20)17-34-27(31)26-21-11-5-2-6-13-23(21)28-24-14-8-7-12-22(24)26/h1,3-4,7-10,12,14-16,20H,2,5-6,11,13,17-18H2. The number of rotatable bonds is 5. The topological polar surface area (TPSA) is 93.6 Å². The molecule has 1 unspecified atom stereocenters. The van der Waals surface area contributed by atoms with Crippen LogP contribution >= 0.6 is 0 Å². The third kappa shape index (κ3) is 4.84. The van der Waals surface area contributed by atoms with Crippen LogP contribution in [0.1, 0.15) is 40.9 Å². The lowest BCUT2D eigenvalue weighted by atomic mass is 9.97. The molecule has 5 rings (SSSR count). The van der Waals surface area contributed by atoms with Gasteiger partial charge in [-0.25, -0.2) is 13.2 Å². The zero-order valence-corrected chi connectivity index (χ0v) is 20.0. The van der Waals surface area contributed by atoms with Crippen molar-refractivity contribution >= 4 is 38.3 Å². The highest BCUT2D eigenvalue weighted by molar-refractivity contribution is 7.94. The number of hydrogen-bond acceptors (Lipinski definition) is 6. The molecule has 0 bridgehead atoms. The van der Waals surface area contributed by atoms with Crippen LogP contribution in [0, 0.1) is 0 Å². The normalized spacial score (nSPS) is 18.6. The fourth-order valence-electron chi connectivity index (χ4n) is 4.88. The molecule has 0 fully saturated rings. The molecule has 8 heteroatoms. The first-order chi connectivity index (χ1) is 16.9. The summed E-state index contributed by atoms with van der Waals surface area (Å²) in [5, 5.41) is 1.85. The Bertz CT molecular complexity index is 1420. The maximum absolute atomic E-state index is 13.4. The first kappa shape index (κ1) is 23.2. The van der Waals surface area contributed by atoms with Crippen molar-refractivity contribution in [3.8, 4) is 0 Å². The second kappa shape index (κ2) is 9.62. The van der Waals surface area contributed by atoms with Gasteiger partial charge in [0.15, 0.2) is 16.4 Å². The number of benzene rings is 2. The Morgan fingerprint density at radius 2 is 1.71 bits per heavy atom. The van der Waals surface area contributed by atoms with Gasteiger partial charge in [-0.2, -0.15) is 0 Å². The maximum Gasteiger partial charge on any atom is 0.339 e. The molecule has 1 aromatic heterocycles. The van der Waals surface area contributed by atoms with E-state index in [1.54, 1.807) is 24.3 Å². The molecular weight excluding hydrogens is 464 g/mol. The van der Waals surface area contributed by atoms with Crippen LogP contribution in [-0.4, -0.2) is 43.7 Å². The molecule has 1 aliphatic carbocycles. The number of aryl methyl sites for hydroxylation is 1. The Balaban J connectivity index is 1.43. The van der Waals surface area contributed by atoms with Gasteiger partial charge >= 0.3 is 5.97 Å². The van der Waals surface area contributed by atoms with Crippen LogP contribution in [0.15, 0.2) is 66.1 Å². The predicted molar refractivity (Wildman–Crippen MR) is 134 cm³/mol. The summed E-state index contributed by atoms with van der Waals surface area (Å²) in [7, 11) is -3.38. The summed E-state index contributed by atoms with van der Waals surface area (Å²) in [6.07, 6.45) is 6.11. The van der Waals surface area contributed by atoms with E-state index in [9.17, 15) is 18.0 Å². The molecule has 1 amide bonds. The minimum Gasteiger partial charge on any atom is -0.452 e. The van der Waals surface area contributed by atoms with Crippen molar-refractivity contribution in [3.05, 3.63) is 82.9 Å². The van der Waals surface area contributed by atoms with E-state index in [2.05, 4.69) is 0 Å². The molecule has 2 aliphatic rings. The van der Waals surface area contributed by atoms with Gasteiger partial charge in [0.05, 0.1) is 22.9 Å². The van der Waals surface area contributed by atoms with Crippen molar-refractivity contribution in [1.82, 2.24) is 4.98 Å². The van der Waals surface area contributed by atoms with E-state index in [-0.39, 0.29) is 5.75 Å². The van der Waals surface area contributed by atoms with Crippen molar-refractivity contribution < 1.29 is 22.7 Å². The number of pyridine rings is 1. The Hall–Kier alpha value is -3.52. The van der Waals surface area contributed by atoms with Crippen LogP contribution in [-0.2, 0) is 32.2 Å². The molecule has 0 saturated carbocycles. The van der Waals surface area contributed by atoms with E-state index in [0.29, 0.717) is 11.3 Å². The average Bonchev–Trinajstić information content (AvgIpc) is 3.05. The number of fused-ring (bicyclic) bond motifs is 2. The number of carbonyl (C=O) groups excluding carboxylic acids is 2. The summed E-state index contributed by atoms with van der Waals surface area (Å²) in [6.45, 7) is -0.496. The number of carbonyl (C=O) groups is 2. The SMILES string of the molecule is O=C(OCC(=O)N(c1ccccc1)C1C=CS(=O)(=O)C1)c1c2c(nc3ccccc13)CCCCC2. The quantitative estimate of drug-likeness (QED) is 0.396. The molecule has 180 valence electrons. The second-order valence-corrected chi connectivity index (χ2v) is 10.8. The highest BCUT2D eigenvalue weighted by Crippen LogP contribution is 2.29. The van der Waals surface area contributed by atoms with Gasteiger partial charge in [-0.05, 0) is 55.5 Å². The first-order valence-electron chi connectivity index (χ1n) is 11.8. The zero-order chi connectivity index (χ0) is 24.4. The van der Waals surface area contributed by atoms with Gasteiger partial charge in [0, 0.05) is 22.2 Å². The molecule has 7 nitrogen and oxygen atoms in total. The minimum atomic E-state index is -3.38. The van der Waals surface area contributed by atoms with Crippen LogP contribution < -0.4 is 4.90 Å². The van der Waals surface area contributed by atoms with E-state index in [0.717, 1.165) is 59.7 Å². The van der Waals surface area contributed by atoms with Crippen LogP contribution in [0.3, 0.4) is 0 Å². The molecule has 1 atom stereocenters. The summed E-state index contributed by atoms with van der Waals surface area (Å²) < 4.78 is 29.6. The molecule has 1 aliphatic heterocycles. The van der Waals surface area contributed by atoms with Crippen LogP contribution in [0.25, 0.3) is 10.9 Å². The number of esters is 1. The lowest BCUT2D eigenvalue weighted by Gasteiger charge is -2.27. The summed E-state index contributed by atoms with van der Waals surface area (Å²) in [4.78, 5) is 32.9. The summed E-state index contributed by atoms with van der Waals surface area (Å²) in [6, 6.07) is 15.6. The van der Waals surface area contributed by atoms with Crippen molar-refractivity contribution in [1.29, 1.82) is 0 Å². The Kier molecular flexibility index (Phi) is 6.38. The van der Waals surface area contributed by atoms with Gasteiger partial charge in [-0.1, -0.05) is 42.8 Å². The summed E-state index contributed by atoms with van der Waals surface area (Å²) in [5.41, 5.74) is 3.59. The second-order valence-electron chi connectivity index (χ2n) is 8.89. The Morgan fingerprint density at radius 3 is 2.49 bits per heavy atom.